The van der Waals surface area contributed by atoms with Gasteiger partial charge in [-0.15, -0.1) is 0 Å². The molecule has 2 N–H and O–H groups in total. The third-order valence-electron chi connectivity index (χ3n) is 4.19. The molecule has 1 rings (SSSR count). The van der Waals surface area contributed by atoms with E-state index in [1.807, 2.05) is 20.8 Å². The van der Waals surface area contributed by atoms with Gasteiger partial charge >= 0.3 is 0 Å². The molecule has 0 heterocycles. The van der Waals surface area contributed by atoms with Gasteiger partial charge in [0.25, 0.3) is 0 Å². The molecule has 0 aromatic heterocycles. The van der Waals surface area contributed by atoms with Crippen LogP contribution in [0.15, 0.2) is 4.99 Å². The van der Waals surface area contributed by atoms with Crippen LogP contribution in [-0.4, -0.2) is 40.3 Å². The average molecular weight is 316 g/mol. The molecule has 1 aliphatic rings. The molecular formula is C16H33N3OS. The Morgan fingerprint density at radius 3 is 2.62 bits per heavy atom. The Morgan fingerprint density at radius 2 is 2.05 bits per heavy atom. The number of guanidine groups is 1. The maximum Gasteiger partial charge on any atom is 0.191 e. The zero-order valence-electron chi connectivity index (χ0n) is 14.4. The summed E-state index contributed by atoms with van der Waals surface area (Å²) in [5.74, 6) is 2.36. The van der Waals surface area contributed by atoms with E-state index in [0.29, 0.717) is 18.3 Å². The summed E-state index contributed by atoms with van der Waals surface area (Å²) in [4.78, 5) is 4.29. The Hall–Kier alpha value is -0.580. The molecule has 0 saturated heterocycles. The molecule has 21 heavy (non-hydrogen) atoms. The van der Waals surface area contributed by atoms with Crippen molar-refractivity contribution in [1.82, 2.24) is 10.6 Å². The zero-order chi connectivity index (χ0) is 15.9. The average Bonchev–Trinajstić information content (AvgIpc) is 2.45. The number of hydrogen-bond acceptors (Lipinski definition) is 2. The molecule has 3 atom stereocenters. The van der Waals surface area contributed by atoms with Gasteiger partial charge in [0.15, 0.2) is 5.96 Å². The summed E-state index contributed by atoms with van der Waals surface area (Å²) in [6, 6.07) is 0.531. The minimum absolute atomic E-state index is 0.143. The van der Waals surface area contributed by atoms with Gasteiger partial charge in [-0.1, -0.05) is 26.2 Å². The standard InChI is InChI=1S/C16H33N3OS/c1-6-13-8-7-9-14(12-13)19-15(17-5)18-10-11-21(20)16(2,3)4/h13-14H,6-12H2,1-5H3,(H2,17,18,19). The lowest BCUT2D eigenvalue weighted by Gasteiger charge is -2.30. The van der Waals surface area contributed by atoms with Gasteiger partial charge in [0.1, 0.15) is 0 Å². The fraction of sp³-hybridized carbons (Fsp3) is 0.938. The van der Waals surface area contributed by atoms with Gasteiger partial charge in [0.05, 0.1) is 0 Å². The van der Waals surface area contributed by atoms with Crippen molar-refractivity contribution in [2.45, 2.75) is 70.6 Å². The zero-order valence-corrected chi connectivity index (χ0v) is 15.2. The van der Waals surface area contributed by atoms with E-state index >= 15 is 0 Å². The van der Waals surface area contributed by atoms with Crippen molar-refractivity contribution >= 4 is 16.8 Å². The first kappa shape index (κ1) is 18.5. The molecule has 3 unspecified atom stereocenters. The Balaban J connectivity index is 2.34. The Labute approximate surface area is 133 Å². The minimum Gasteiger partial charge on any atom is -0.355 e. The molecule has 0 spiro atoms. The van der Waals surface area contributed by atoms with Crippen LogP contribution in [0.1, 0.15) is 59.8 Å². The third-order valence-corrected chi connectivity index (χ3v) is 6.13. The molecule has 4 nitrogen and oxygen atoms in total. The van der Waals surface area contributed by atoms with Crippen molar-refractivity contribution < 1.29 is 4.21 Å². The van der Waals surface area contributed by atoms with E-state index < -0.39 is 10.8 Å². The molecule has 0 radical (unpaired) electrons. The first-order valence-electron chi connectivity index (χ1n) is 8.22. The summed E-state index contributed by atoms with van der Waals surface area (Å²) in [5.41, 5.74) is 0. The second-order valence-electron chi connectivity index (χ2n) is 6.94. The highest BCUT2D eigenvalue weighted by atomic mass is 32.2. The molecule has 0 amide bonds. The van der Waals surface area contributed by atoms with E-state index in [1.54, 1.807) is 7.05 Å². The fourth-order valence-corrected chi connectivity index (χ4v) is 3.65. The number of aliphatic imine (C=N–C) groups is 1. The maximum absolute atomic E-state index is 12.0. The lowest BCUT2D eigenvalue weighted by Crippen LogP contribution is -2.46. The maximum atomic E-state index is 12.0. The molecule has 0 aromatic rings. The topological polar surface area (TPSA) is 53.5 Å². The summed E-state index contributed by atoms with van der Waals surface area (Å²) in [6.45, 7) is 9.03. The molecule has 0 aromatic carbocycles. The Bertz CT molecular complexity index is 363. The van der Waals surface area contributed by atoms with Crippen LogP contribution in [-0.2, 0) is 10.8 Å². The summed E-state index contributed by atoms with van der Waals surface area (Å²) in [7, 11) is 0.987. The van der Waals surface area contributed by atoms with Crippen LogP contribution in [0.4, 0.5) is 0 Å². The van der Waals surface area contributed by atoms with E-state index in [1.165, 1.54) is 32.1 Å². The second-order valence-corrected chi connectivity index (χ2v) is 9.27. The highest BCUT2D eigenvalue weighted by molar-refractivity contribution is 7.86. The summed E-state index contributed by atoms with van der Waals surface area (Å²) < 4.78 is 11.9. The van der Waals surface area contributed by atoms with Gasteiger partial charge in [-0.25, -0.2) is 0 Å². The van der Waals surface area contributed by atoms with Gasteiger partial charge in [0.2, 0.25) is 0 Å². The van der Waals surface area contributed by atoms with Crippen LogP contribution in [0.2, 0.25) is 0 Å². The van der Waals surface area contributed by atoms with Crippen molar-refractivity contribution in [3.63, 3.8) is 0 Å². The fourth-order valence-electron chi connectivity index (χ4n) is 2.75. The lowest BCUT2D eigenvalue weighted by molar-refractivity contribution is 0.298. The van der Waals surface area contributed by atoms with Crippen LogP contribution in [0.25, 0.3) is 0 Å². The van der Waals surface area contributed by atoms with Gasteiger partial charge < -0.3 is 10.6 Å². The van der Waals surface area contributed by atoms with Crippen LogP contribution in [0.5, 0.6) is 0 Å². The monoisotopic (exact) mass is 315 g/mol. The van der Waals surface area contributed by atoms with Crippen LogP contribution < -0.4 is 10.6 Å². The van der Waals surface area contributed by atoms with E-state index in [4.69, 9.17) is 0 Å². The van der Waals surface area contributed by atoms with E-state index in [-0.39, 0.29) is 4.75 Å². The molecule has 0 bridgehead atoms. The predicted molar refractivity (Wildman–Crippen MR) is 93.3 cm³/mol. The minimum atomic E-state index is -0.815. The van der Waals surface area contributed by atoms with Gasteiger partial charge in [-0.05, 0) is 39.5 Å². The second kappa shape index (κ2) is 8.76. The van der Waals surface area contributed by atoms with Gasteiger partial charge in [-0.3, -0.25) is 9.20 Å². The normalized spacial score (nSPS) is 25.5. The van der Waals surface area contributed by atoms with Crippen LogP contribution >= 0.6 is 0 Å². The summed E-state index contributed by atoms with van der Waals surface area (Å²) in [5, 5.41) is 6.82. The van der Waals surface area contributed by atoms with Crippen molar-refractivity contribution in [1.29, 1.82) is 0 Å². The highest BCUT2D eigenvalue weighted by Crippen LogP contribution is 2.26. The lowest BCUT2D eigenvalue weighted by atomic mass is 9.84. The Kier molecular flexibility index (Phi) is 7.71. The SMILES string of the molecule is CCC1CCCC(NC(=NC)NCCS(=O)C(C)(C)C)C1. The van der Waals surface area contributed by atoms with Gasteiger partial charge in [0, 0.05) is 40.9 Å². The predicted octanol–water partition coefficient (Wildman–Crippen LogP) is 2.67. The summed E-state index contributed by atoms with van der Waals surface area (Å²) >= 11 is 0. The molecule has 1 aliphatic carbocycles. The Morgan fingerprint density at radius 1 is 1.33 bits per heavy atom. The van der Waals surface area contributed by atoms with Crippen LogP contribution in [0.3, 0.4) is 0 Å². The van der Waals surface area contributed by atoms with Crippen molar-refractivity contribution in [2.24, 2.45) is 10.9 Å². The number of hydrogen-bond donors (Lipinski definition) is 2. The first-order valence-corrected chi connectivity index (χ1v) is 9.54. The van der Waals surface area contributed by atoms with Crippen LogP contribution in [0, 0.1) is 5.92 Å². The quantitative estimate of drug-likeness (QED) is 0.606. The smallest absolute Gasteiger partial charge is 0.191 e. The number of nitrogens with one attached hydrogen (secondary N) is 2. The van der Waals surface area contributed by atoms with Crippen molar-refractivity contribution in [3.8, 4) is 0 Å². The van der Waals surface area contributed by atoms with E-state index in [0.717, 1.165) is 11.9 Å². The summed E-state index contributed by atoms with van der Waals surface area (Å²) in [6.07, 6.45) is 6.41. The van der Waals surface area contributed by atoms with E-state index in [2.05, 4.69) is 22.5 Å². The van der Waals surface area contributed by atoms with Crippen molar-refractivity contribution in [3.05, 3.63) is 0 Å². The van der Waals surface area contributed by atoms with Crippen molar-refractivity contribution in [2.75, 3.05) is 19.3 Å². The molecular weight excluding hydrogens is 282 g/mol. The molecule has 1 fully saturated rings. The molecule has 0 aliphatic heterocycles. The molecule has 5 heteroatoms. The molecule has 124 valence electrons. The number of rotatable bonds is 5. The number of nitrogens with zero attached hydrogens (tertiary/aromatic N) is 1. The van der Waals surface area contributed by atoms with E-state index in [9.17, 15) is 4.21 Å². The largest absolute Gasteiger partial charge is 0.355 e. The highest BCUT2D eigenvalue weighted by Gasteiger charge is 2.22. The first-order chi connectivity index (χ1) is 9.86. The third kappa shape index (κ3) is 6.81. The van der Waals surface area contributed by atoms with Gasteiger partial charge in [-0.2, -0.15) is 0 Å². The molecule has 1 saturated carbocycles.